The van der Waals surface area contributed by atoms with E-state index in [1.54, 1.807) is 56.3 Å². The molecule has 41 heavy (non-hydrogen) atoms. The van der Waals surface area contributed by atoms with Crippen LogP contribution in [-0.2, 0) is 16.4 Å². The molecule has 3 aromatic rings. The molecular formula is C31H38N2O7S. The van der Waals surface area contributed by atoms with Crippen LogP contribution < -0.4 is 9.46 Å². The number of ether oxygens (including phenoxy) is 1. The fourth-order valence-corrected chi connectivity index (χ4v) is 5.65. The van der Waals surface area contributed by atoms with Crippen LogP contribution in [0.15, 0.2) is 72.8 Å². The first kappa shape index (κ1) is 31.6. The molecule has 0 saturated heterocycles. The number of benzene rings is 3. The van der Waals surface area contributed by atoms with Gasteiger partial charge in [-0.1, -0.05) is 74.5 Å². The Balaban J connectivity index is 1.72. The second kappa shape index (κ2) is 14.1. The van der Waals surface area contributed by atoms with Crippen molar-refractivity contribution in [3.8, 4) is 16.9 Å². The quantitative estimate of drug-likeness (QED) is 0.255. The van der Waals surface area contributed by atoms with Crippen LogP contribution in [0.5, 0.6) is 5.75 Å². The number of nitrogens with one attached hydrogen (secondary N) is 1. The predicted octanol–water partition coefficient (Wildman–Crippen LogP) is 5.11. The van der Waals surface area contributed by atoms with Crippen molar-refractivity contribution in [3.63, 3.8) is 0 Å². The highest BCUT2D eigenvalue weighted by atomic mass is 32.2. The summed E-state index contributed by atoms with van der Waals surface area (Å²) < 4.78 is 32.6. The number of carbonyl (C=O) groups is 2. The van der Waals surface area contributed by atoms with Gasteiger partial charge in [0.25, 0.3) is 5.91 Å². The van der Waals surface area contributed by atoms with Crippen LogP contribution in [0.1, 0.15) is 55.3 Å². The van der Waals surface area contributed by atoms with Crippen molar-refractivity contribution in [2.75, 3.05) is 18.8 Å². The molecule has 0 unspecified atom stereocenters. The topological polar surface area (TPSA) is 133 Å². The molecule has 9 nitrogen and oxygen atoms in total. The van der Waals surface area contributed by atoms with Crippen molar-refractivity contribution in [2.24, 2.45) is 5.92 Å². The summed E-state index contributed by atoms with van der Waals surface area (Å²) in [7, 11) is -3.79. The maximum atomic E-state index is 12.8. The minimum absolute atomic E-state index is 0.0330. The van der Waals surface area contributed by atoms with Gasteiger partial charge in [0.05, 0.1) is 30.1 Å². The largest absolute Gasteiger partial charge is 0.490 e. The SMILES string of the molecule is CC(C)CS(=O)(=O)NC(=O)c1ccc(-c2ccc(CCN(C[C@H](O)c3ccccc3)C(=O)O)cc2)cc1OC(C)C. The average Bonchev–Trinajstić information content (AvgIpc) is 2.90. The molecule has 0 radical (unpaired) electrons. The Morgan fingerprint density at radius 1 is 0.927 bits per heavy atom. The zero-order valence-electron chi connectivity index (χ0n) is 23.8. The summed E-state index contributed by atoms with van der Waals surface area (Å²) in [6, 6.07) is 21.5. The third-order valence-corrected chi connectivity index (χ3v) is 7.80. The van der Waals surface area contributed by atoms with Crippen molar-refractivity contribution in [1.82, 2.24) is 9.62 Å². The Hall–Kier alpha value is -3.89. The van der Waals surface area contributed by atoms with Crippen molar-refractivity contribution in [1.29, 1.82) is 0 Å². The molecule has 10 heteroatoms. The van der Waals surface area contributed by atoms with Gasteiger partial charge in [-0.05, 0) is 60.6 Å². The average molecular weight is 583 g/mol. The van der Waals surface area contributed by atoms with Gasteiger partial charge >= 0.3 is 6.09 Å². The smallest absolute Gasteiger partial charge is 0.407 e. The number of aliphatic hydroxyl groups excluding tert-OH is 1. The van der Waals surface area contributed by atoms with Crippen LogP contribution in [0.2, 0.25) is 0 Å². The summed E-state index contributed by atoms with van der Waals surface area (Å²) in [6.07, 6.45) is -1.81. The number of rotatable bonds is 13. The number of hydrogen-bond donors (Lipinski definition) is 3. The van der Waals surface area contributed by atoms with E-state index in [1.807, 2.05) is 44.2 Å². The van der Waals surface area contributed by atoms with Gasteiger partial charge in [0.2, 0.25) is 10.0 Å². The highest BCUT2D eigenvalue weighted by Gasteiger charge is 2.22. The van der Waals surface area contributed by atoms with Gasteiger partial charge in [-0.25, -0.2) is 17.9 Å². The molecule has 220 valence electrons. The molecule has 0 aliphatic heterocycles. The van der Waals surface area contributed by atoms with E-state index in [9.17, 15) is 28.2 Å². The number of amides is 2. The third-order valence-electron chi connectivity index (χ3n) is 6.20. The van der Waals surface area contributed by atoms with E-state index >= 15 is 0 Å². The lowest BCUT2D eigenvalue weighted by molar-refractivity contribution is 0.0970. The van der Waals surface area contributed by atoms with Crippen molar-refractivity contribution in [2.45, 2.75) is 46.3 Å². The van der Waals surface area contributed by atoms with Crippen LogP contribution >= 0.6 is 0 Å². The molecular weight excluding hydrogens is 544 g/mol. The first-order chi connectivity index (χ1) is 19.3. The van der Waals surface area contributed by atoms with Crippen molar-refractivity contribution < 1.29 is 33.0 Å². The molecule has 3 rings (SSSR count). The lowest BCUT2D eigenvalue weighted by atomic mass is 10.0. The second-order valence-corrected chi connectivity index (χ2v) is 12.4. The Morgan fingerprint density at radius 3 is 2.15 bits per heavy atom. The summed E-state index contributed by atoms with van der Waals surface area (Å²) >= 11 is 0. The Labute approximate surface area is 241 Å². The zero-order valence-corrected chi connectivity index (χ0v) is 24.6. The molecule has 0 bridgehead atoms. The first-order valence-corrected chi connectivity index (χ1v) is 15.2. The summed E-state index contributed by atoms with van der Waals surface area (Å²) in [6.45, 7) is 7.34. The summed E-state index contributed by atoms with van der Waals surface area (Å²) in [5.74, 6) is -0.775. The van der Waals surface area contributed by atoms with Crippen LogP contribution in [0.4, 0.5) is 4.79 Å². The standard InChI is InChI=1S/C31H38N2O7S/c1-21(2)20-41(38,39)32-30(35)27-15-14-26(18-29(27)40-22(3)4)24-12-10-23(11-13-24)16-17-33(31(36)37)19-28(34)25-8-6-5-7-9-25/h5-15,18,21-22,28,34H,16-17,19-20H2,1-4H3,(H,32,35)(H,36,37)/t28-/m0/s1. The number of sulfonamides is 1. The molecule has 0 aliphatic rings. The Bertz CT molecular complexity index is 1420. The van der Waals surface area contributed by atoms with Gasteiger partial charge in [-0.2, -0.15) is 0 Å². The molecule has 0 fully saturated rings. The molecule has 2 amide bonds. The molecule has 0 spiro atoms. The first-order valence-electron chi connectivity index (χ1n) is 13.5. The number of carbonyl (C=O) groups excluding carboxylic acids is 1. The highest BCUT2D eigenvalue weighted by Crippen LogP contribution is 2.29. The predicted molar refractivity (Wildman–Crippen MR) is 158 cm³/mol. The maximum absolute atomic E-state index is 12.8. The molecule has 0 saturated carbocycles. The number of aliphatic hydroxyl groups is 1. The minimum atomic E-state index is -3.79. The second-order valence-electron chi connectivity index (χ2n) is 10.6. The molecule has 1 atom stereocenters. The lowest BCUT2D eigenvalue weighted by Gasteiger charge is -2.22. The van der Waals surface area contributed by atoms with Gasteiger partial charge in [0.1, 0.15) is 5.75 Å². The fraction of sp³-hybridized carbons (Fsp3) is 0.355. The van der Waals surface area contributed by atoms with E-state index < -0.39 is 28.1 Å². The van der Waals surface area contributed by atoms with E-state index in [1.165, 1.54) is 4.90 Å². The molecule has 0 aromatic heterocycles. The Kier molecular flexibility index (Phi) is 10.9. The summed E-state index contributed by atoms with van der Waals surface area (Å²) in [4.78, 5) is 25.8. The van der Waals surface area contributed by atoms with Gasteiger partial charge in [0, 0.05) is 6.54 Å². The lowest BCUT2D eigenvalue weighted by Crippen LogP contribution is -2.35. The van der Waals surface area contributed by atoms with Crippen LogP contribution in [0, 0.1) is 5.92 Å². The normalized spacial score (nSPS) is 12.3. The number of carboxylic acid groups (broad SMARTS) is 1. The van der Waals surface area contributed by atoms with Crippen LogP contribution in [0.3, 0.4) is 0 Å². The molecule has 0 aliphatic carbocycles. The van der Waals surface area contributed by atoms with Crippen molar-refractivity contribution in [3.05, 3.63) is 89.5 Å². The van der Waals surface area contributed by atoms with Crippen LogP contribution in [0.25, 0.3) is 11.1 Å². The monoisotopic (exact) mass is 582 g/mol. The summed E-state index contributed by atoms with van der Waals surface area (Å²) in [5, 5.41) is 20.1. The van der Waals surface area contributed by atoms with Gasteiger partial charge in [-0.15, -0.1) is 0 Å². The molecule has 0 heterocycles. The number of nitrogens with zero attached hydrogens (tertiary/aromatic N) is 1. The van der Waals surface area contributed by atoms with Gasteiger partial charge < -0.3 is 19.8 Å². The van der Waals surface area contributed by atoms with E-state index in [-0.39, 0.29) is 42.2 Å². The summed E-state index contributed by atoms with van der Waals surface area (Å²) in [5.41, 5.74) is 3.31. The highest BCUT2D eigenvalue weighted by molar-refractivity contribution is 7.90. The fourth-order valence-electron chi connectivity index (χ4n) is 4.30. The molecule has 3 aromatic carbocycles. The Morgan fingerprint density at radius 2 is 1.56 bits per heavy atom. The van der Waals surface area contributed by atoms with Gasteiger partial charge in [-0.3, -0.25) is 4.79 Å². The van der Waals surface area contributed by atoms with E-state index in [0.29, 0.717) is 12.0 Å². The van der Waals surface area contributed by atoms with Gasteiger partial charge in [0.15, 0.2) is 0 Å². The minimum Gasteiger partial charge on any atom is -0.490 e. The zero-order chi connectivity index (χ0) is 30.2. The third kappa shape index (κ3) is 9.61. The molecule has 3 N–H and O–H groups in total. The van der Waals surface area contributed by atoms with E-state index in [0.717, 1.165) is 16.7 Å². The number of hydrogen-bond acceptors (Lipinski definition) is 6. The van der Waals surface area contributed by atoms with E-state index in [2.05, 4.69) is 4.72 Å². The van der Waals surface area contributed by atoms with Crippen molar-refractivity contribution >= 4 is 22.0 Å². The van der Waals surface area contributed by atoms with E-state index in [4.69, 9.17) is 4.74 Å². The maximum Gasteiger partial charge on any atom is 0.407 e. The van der Waals surface area contributed by atoms with Crippen LogP contribution in [-0.4, -0.2) is 60.5 Å².